The monoisotopic (exact) mass is 355 g/mol. The van der Waals surface area contributed by atoms with Crippen LogP contribution < -0.4 is 16.0 Å². The van der Waals surface area contributed by atoms with E-state index in [0.29, 0.717) is 25.8 Å². The highest BCUT2D eigenvalue weighted by Crippen LogP contribution is 2.37. The third-order valence-corrected chi connectivity index (χ3v) is 5.53. The predicted molar refractivity (Wildman–Crippen MR) is 93.9 cm³/mol. The maximum absolute atomic E-state index is 13.1. The van der Waals surface area contributed by atoms with Gasteiger partial charge in [-0.2, -0.15) is 0 Å². The fourth-order valence-electron chi connectivity index (χ4n) is 4.15. The molecule has 0 aromatic rings. The molecule has 2 aliphatic heterocycles. The SMILES string of the molecule is CC(C)[C@H](NC(=O)[C@]1(CCCCB(O)O)NC[C@@H]2NCC[C@@H]21)C(=O)O. The molecule has 1 amide bonds. The van der Waals surface area contributed by atoms with Gasteiger partial charge in [0.15, 0.2) is 0 Å². The quantitative estimate of drug-likeness (QED) is 0.235. The van der Waals surface area contributed by atoms with Crippen LogP contribution in [-0.2, 0) is 9.59 Å². The Hall–Kier alpha value is -1.16. The lowest BCUT2D eigenvalue weighted by Crippen LogP contribution is -2.61. The Balaban J connectivity index is 2.11. The zero-order valence-corrected chi connectivity index (χ0v) is 15.0. The third-order valence-electron chi connectivity index (χ3n) is 5.53. The highest BCUT2D eigenvalue weighted by Gasteiger charge is 2.54. The molecule has 2 rings (SSSR count). The molecule has 0 aromatic heterocycles. The number of carbonyl (C=O) groups is 2. The summed E-state index contributed by atoms with van der Waals surface area (Å²) in [6.45, 7) is 5.08. The van der Waals surface area contributed by atoms with Crippen LogP contribution in [0.25, 0.3) is 0 Å². The largest absolute Gasteiger partial charge is 0.480 e. The van der Waals surface area contributed by atoms with Gasteiger partial charge in [-0.1, -0.05) is 26.7 Å². The molecule has 0 saturated carbocycles. The Morgan fingerprint density at radius 1 is 1.32 bits per heavy atom. The van der Waals surface area contributed by atoms with Crippen molar-refractivity contribution in [3.05, 3.63) is 0 Å². The van der Waals surface area contributed by atoms with Crippen LogP contribution in [-0.4, -0.2) is 64.9 Å². The molecule has 6 N–H and O–H groups in total. The molecule has 142 valence electrons. The van der Waals surface area contributed by atoms with Crippen LogP contribution in [0, 0.1) is 11.8 Å². The number of hydrogen-bond acceptors (Lipinski definition) is 6. The van der Waals surface area contributed by atoms with E-state index in [-0.39, 0.29) is 30.1 Å². The fraction of sp³-hybridized carbons (Fsp3) is 0.875. The zero-order chi connectivity index (χ0) is 18.6. The molecule has 0 radical (unpaired) electrons. The average Bonchev–Trinajstić information content (AvgIpc) is 3.11. The van der Waals surface area contributed by atoms with Gasteiger partial charge in [0.2, 0.25) is 5.91 Å². The lowest BCUT2D eigenvalue weighted by Gasteiger charge is -2.35. The van der Waals surface area contributed by atoms with Crippen LogP contribution >= 0.6 is 0 Å². The van der Waals surface area contributed by atoms with Gasteiger partial charge in [-0.05, 0) is 31.6 Å². The summed E-state index contributed by atoms with van der Waals surface area (Å²) in [6.07, 6.45) is 2.96. The lowest BCUT2D eigenvalue weighted by atomic mass is 9.76. The number of unbranched alkanes of at least 4 members (excludes halogenated alkanes) is 1. The molecule has 0 unspecified atom stereocenters. The van der Waals surface area contributed by atoms with E-state index in [9.17, 15) is 14.7 Å². The van der Waals surface area contributed by atoms with Crippen LogP contribution in [0.1, 0.15) is 39.5 Å². The minimum absolute atomic E-state index is 0.119. The second kappa shape index (κ2) is 8.48. The lowest BCUT2D eigenvalue weighted by molar-refractivity contribution is -0.144. The molecule has 2 aliphatic rings. The van der Waals surface area contributed by atoms with E-state index >= 15 is 0 Å². The molecule has 0 bridgehead atoms. The first-order valence-corrected chi connectivity index (χ1v) is 9.16. The third kappa shape index (κ3) is 4.52. The number of amides is 1. The van der Waals surface area contributed by atoms with Gasteiger partial charge in [-0.15, -0.1) is 0 Å². The standard InChI is InChI=1S/C16H30BN3O5/c1-10(2)13(14(21)22)20-15(23)16(6-3-4-7-17(24)25)11-5-8-18-12(11)9-19-16/h10-13,18-19,24-25H,3-9H2,1-2H3,(H,20,23)(H,21,22)/t11-,12-,13-,16+/m0/s1. The van der Waals surface area contributed by atoms with Crippen LogP contribution in [0.2, 0.25) is 6.32 Å². The van der Waals surface area contributed by atoms with Crippen molar-refractivity contribution < 1.29 is 24.7 Å². The summed E-state index contributed by atoms with van der Waals surface area (Å²) in [5.74, 6) is -1.37. The predicted octanol–water partition coefficient (Wildman–Crippen LogP) is -0.825. The summed E-state index contributed by atoms with van der Waals surface area (Å²) in [5, 5.41) is 36.8. The van der Waals surface area contributed by atoms with Crippen LogP contribution in [0.15, 0.2) is 0 Å². The molecule has 25 heavy (non-hydrogen) atoms. The summed E-state index contributed by atoms with van der Waals surface area (Å²) in [5.41, 5.74) is -0.794. The Labute approximate surface area is 148 Å². The summed E-state index contributed by atoms with van der Waals surface area (Å²) in [6, 6.07) is -0.699. The number of aliphatic carboxylic acids is 1. The number of hydrogen-bond donors (Lipinski definition) is 6. The molecule has 0 aromatic carbocycles. The van der Waals surface area contributed by atoms with Gasteiger partial charge in [0.25, 0.3) is 0 Å². The summed E-state index contributed by atoms with van der Waals surface area (Å²) in [7, 11) is -1.33. The van der Waals surface area contributed by atoms with E-state index in [2.05, 4.69) is 16.0 Å². The minimum atomic E-state index is -1.33. The summed E-state index contributed by atoms with van der Waals surface area (Å²) in [4.78, 5) is 24.5. The van der Waals surface area contributed by atoms with Crippen molar-refractivity contribution in [2.75, 3.05) is 13.1 Å². The van der Waals surface area contributed by atoms with Gasteiger partial charge < -0.3 is 31.1 Å². The van der Waals surface area contributed by atoms with Gasteiger partial charge in [0.05, 0.1) is 0 Å². The maximum atomic E-state index is 13.1. The second-order valence-corrected chi connectivity index (χ2v) is 7.57. The minimum Gasteiger partial charge on any atom is -0.480 e. The highest BCUT2D eigenvalue weighted by molar-refractivity contribution is 6.40. The normalized spacial score (nSPS) is 29.5. The molecule has 0 spiro atoms. The van der Waals surface area contributed by atoms with E-state index in [4.69, 9.17) is 10.0 Å². The first-order chi connectivity index (χ1) is 11.8. The number of rotatable bonds is 9. The number of carboxylic acid groups (broad SMARTS) is 1. The molecular weight excluding hydrogens is 325 g/mol. The second-order valence-electron chi connectivity index (χ2n) is 7.57. The number of carboxylic acids is 1. The van der Waals surface area contributed by atoms with E-state index < -0.39 is 24.7 Å². The maximum Gasteiger partial charge on any atom is 0.451 e. The molecule has 2 fully saturated rings. The van der Waals surface area contributed by atoms with Crippen LogP contribution in [0.5, 0.6) is 0 Å². The van der Waals surface area contributed by atoms with Gasteiger partial charge in [-0.25, -0.2) is 4.79 Å². The summed E-state index contributed by atoms with van der Waals surface area (Å²) < 4.78 is 0. The summed E-state index contributed by atoms with van der Waals surface area (Å²) >= 11 is 0. The van der Waals surface area contributed by atoms with Crippen molar-refractivity contribution in [3.63, 3.8) is 0 Å². The average molecular weight is 355 g/mol. The smallest absolute Gasteiger partial charge is 0.451 e. The van der Waals surface area contributed by atoms with Crippen molar-refractivity contribution in [2.24, 2.45) is 11.8 Å². The van der Waals surface area contributed by atoms with E-state index in [0.717, 1.165) is 13.0 Å². The molecule has 8 nitrogen and oxygen atoms in total. The van der Waals surface area contributed by atoms with Gasteiger partial charge in [0, 0.05) is 18.5 Å². The Kier molecular flexibility index (Phi) is 6.84. The molecule has 0 aliphatic carbocycles. The fourth-order valence-corrected chi connectivity index (χ4v) is 4.15. The number of fused-ring (bicyclic) bond motifs is 1. The van der Waals surface area contributed by atoms with Gasteiger partial charge in [-0.3, -0.25) is 4.79 Å². The van der Waals surface area contributed by atoms with Crippen molar-refractivity contribution in [1.82, 2.24) is 16.0 Å². The van der Waals surface area contributed by atoms with Gasteiger partial charge in [0.1, 0.15) is 11.6 Å². The molecular formula is C16H30BN3O5. The molecule has 9 heteroatoms. The molecule has 2 heterocycles. The van der Waals surface area contributed by atoms with Crippen LogP contribution in [0.4, 0.5) is 0 Å². The molecule has 4 atom stereocenters. The van der Waals surface area contributed by atoms with Crippen molar-refractivity contribution >= 4 is 19.0 Å². The Bertz CT molecular complexity index is 490. The Morgan fingerprint density at radius 2 is 2.04 bits per heavy atom. The zero-order valence-electron chi connectivity index (χ0n) is 15.0. The number of nitrogens with one attached hydrogen (secondary N) is 3. The van der Waals surface area contributed by atoms with E-state index in [1.807, 2.05) is 0 Å². The van der Waals surface area contributed by atoms with Crippen molar-refractivity contribution in [2.45, 2.75) is 63.5 Å². The first kappa shape index (κ1) is 20.2. The van der Waals surface area contributed by atoms with Crippen molar-refractivity contribution in [3.8, 4) is 0 Å². The first-order valence-electron chi connectivity index (χ1n) is 9.16. The Morgan fingerprint density at radius 3 is 2.64 bits per heavy atom. The van der Waals surface area contributed by atoms with E-state index in [1.54, 1.807) is 13.8 Å². The topological polar surface area (TPSA) is 131 Å². The van der Waals surface area contributed by atoms with Gasteiger partial charge >= 0.3 is 13.1 Å². The highest BCUT2D eigenvalue weighted by atomic mass is 16.4. The van der Waals surface area contributed by atoms with E-state index in [1.165, 1.54) is 0 Å². The number of carbonyl (C=O) groups excluding carboxylic acids is 1. The molecule has 2 saturated heterocycles. The van der Waals surface area contributed by atoms with Crippen LogP contribution in [0.3, 0.4) is 0 Å². The van der Waals surface area contributed by atoms with Crippen molar-refractivity contribution in [1.29, 1.82) is 0 Å².